The predicted octanol–water partition coefficient (Wildman–Crippen LogP) is 1.69. The Bertz CT molecular complexity index is 979. The summed E-state index contributed by atoms with van der Waals surface area (Å²) in [5.74, 6) is -3.20. The molecule has 0 bridgehead atoms. The highest BCUT2D eigenvalue weighted by atomic mass is 16.6. The highest BCUT2D eigenvalue weighted by Crippen LogP contribution is 2.40. The Morgan fingerprint density at radius 2 is 1.42 bits per heavy atom. The van der Waals surface area contributed by atoms with Crippen molar-refractivity contribution in [2.24, 2.45) is 0 Å². The van der Waals surface area contributed by atoms with Gasteiger partial charge in [-0.1, -0.05) is 0 Å². The fourth-order valence-corrected chi connectivity index (χ4v) is 2.58. The van der Waals surface area contributed by atoms with Crippen molar-refractivity contribution in [3.05, 3.63) is 66.7 Å². The summed E-state index contributed by atoms with van der Waals surface area (Å²) in [4.78, 5) is 45.1. The molecule has 0 aliphatic heterocycles. The first-order valence-corrected chi connectivity index (χ1v) is 6.34. The van der Waals surface area contributed by atoms with Crippen LogP contribution >= 0.6 is 0 Å². The molecule has 0 fully saturated rings. The molecule has 10 nitrogen and oxygen atoms in total. The Balaban J connectivity index is 2.42. The summed E-state index contributed by atoms with van der Waals surface area (Å²) < 4.78 is 0. The van der Waals surface area contributed by atoms with Gasteiger partial charge in [0.15, 0.2) is 5.78 Å². The lowest BCUT2D eigenvalue weighted by Gasteiger charge is -2.18. The fourth-order valence-electron chi connectivity index (χ4n) is 2.58. The standard InChI is InChI=1S/C14H6N2O8/c17-6-3-8-12(10(18)4-6)14(20)11-7(13(8)19)1-5(15(21)22)2-9(11)16(23)24/h1-4,17-18H. The van der Waals surface area contributed by atoms with Crippen LogP contribution in [0.1, 0.15) is 31.8 Å². The van der Waals surface area contributed by atoms with E-state index >= 15 is 0 Å². The van der Waals surface area contributed by atoms with Gasteiger partial charge in [-0.15, -0.1) is 0 Å². The number of non-ortho nitro benzene ring substituents is 1. The number of phenols is 2. The van der Waals surface area contributed by atoms with E-state index < -0.39 is 61.0 Å². The van der Waals surface area contributed by atoms with Crippen LogP contribution in [0.2, 0.25) is 0 Å². The normalized spacial score (nSPS) is 12.5. The minimum atomic E-state index is -1.03. The van der Waals surface area contributed by atoms with E-state index in [0.717, 1.165) is 18.2 Å². The molecule has 0 unspecified atom stereocenters. The second kappa shape index (κ2) is 4.84. The number of carbonyl (C=O) groups excluding carboxylic acids is 2. The first-order valence-electron chi connectivity index (χ1n) is 6.34. The minimum absolute atomic E-state index is 0.389. The molecule has 0 radical (unpaired) electrons. The van der Waals surface area contributed by atoms with E-state index in [4.69, 9.17) is 0 Å². The molecule has 120 valence electrons. The Morgan fingerprint density at radius 3 is 2.00 bits per heavy atom. The third kappa shape index (κ3) is 1.97. The second-order valence-electron chi connectivity index (χ2n) is 4.95. The topological polar surface area (TPSA) is 161 Å². The molecule has 0 atom stereocenters. The summed E-state index contributed by atoms with van der Waals surface area (Å²) >= 11 is 0. The third-order valence-corrected chi connectivity index (χ3v) is 3.56. The minimum Gasteiger partial charge on any atom is -0.508 e. The molecule has 24 heavy (non-hydrogen) atoms. The number of fused-ring (bicyclic) bond motifs is 2. The Morgan fingerprint density at radius 1 is 0.792 bits per heavy atom. The molecular formula is C14H6N2O8. The maximum Gasteiger partial charge on any atom is 0.288 e. The quantitative estimate of drug-likeness (QED) is 0.530. The van der Waals surface area contributed by atoms with Crippen LogP contribution in [-0.4, -0.2) is 31.6 Å². The molecule has 0 aromatic heterocycles. The fraction of sp³-hybridized carbons (Fsp3) is 0. The van der Waals surface area contributed by atoms with Crippen LogP contribution in [0, 0.1) is 20.2 Å². The van der Waals surface area contributed by atoms with Crippen molar-refractivity contribution in [1.29, 1.82) is 0 Å². The molecule has 1 aliphatic carbocycles. The number of nitrogens with zero attached hydrogens (tertiary/aromatic N) is 2. The first-order chi connectivity index (χ1) is 11.2. The summed E-state index contributed by atoms with van der Waals surface area (Å²) in [6, 6.07) is 3.05. The van der Waals surface area contributed by atoms with E-state index in [9.17, 15) is 40.0 Å². The zero-order chi connectivity index (χ0) is 17.8. The molecular weight excluding hydrogens is 324 g/mol. The average Bonchev–Trinajstić information content (AvgIpc) is 2.50. The van der Waals surface area contributed by atoms with Gasteiger partial charge < -0.3 is 10.2 Å². The third-order valence-electron chi connectivity index (χ3n) is 3.56. The van der Waals surface area contributed by atoms with Gasteiger partial charge in [-0.3, -0.25) is 29.8 Å². The largest absolute Gasteiger partial charge is 0.508 e. The molecule has 2 N–H and O–H groups in total. The molecule has 0 saturated carbocycles. The van der Waals surface area contributed by atoms with Gasteiger partial charge in [-0.05, 0) is 6.07 Å². The molecule has 1 aliphatic rings. The van der Waals surface area contributed by atoms with Gasteiger partial charge in [0.2, 0.25) is 5.78 Å². The van der Waals surface area contributed by atoms with Crippen LogP contribution in [0.4, 0.5) is 11.4 Å². The lowest BCUT2D eigenvalue weighted by Crippen LogP contribution is -2.22. The van der Waals surface area contributed by atoms with Crippen molar-refractivity contribution >= 4 is 22.9 Å². The van der Waals surface area contributed by atoms with Crippen LogP contribution in [0.3, 0.4) is 0 Å². The number of aromatic hydroxyl groups is 2. The lowest BCUT2D eigenvalue weighted by molar-refractivity contribution is -0.394. The van der Waals surface area contributed by atoms with Crippen molar-refractivity contribution in [2.45, 2.75) is 0 Å². The summed E-state index contributed by atoms with van der Waals surface area (Å²) in [5.41, 5.74) is -3.69. The smallest absolute Gasteiger partial charge is 0.288 e. The van der Waals surface area contributed by atoms with E-state index in [2.05, 4.69) is 0 Å². The maximum atomic E-state index is 12.5. The van der Waals surface area contributed by atoms with Gasteiger partial charge >= 0.3 is 0 Å². The van der Waals surface area contributed by atoms with Crippen molar-refractivity contribution in [3.8, 4) is 11.5 Å². The summed E-state index contributed by atoms with van der Waals surface area (Å²) in [7, 11) is 0. The number of rotatable bonds is 2. The summed E-state index contributed by atoms with van der Waals surface area (Å²) in [5, 5.41) is 41.4. The predicted molar refractivity (Wildman–Crippen MR) is 76.4 cm³/mol. The van der Waals surface area contributed by atoms with Gasteiger partial charge in [0.1, 0.15) is 17.1 Å². The summed E-state index contributed by atoms with van der Waals surface area (Å²) in [6.07, 6.45) is 0. The van der Waals surface area contributed by atoms with Crippen LogP contribution in [0.15, 0.2) is 24.3 Å². The van der Waals surface area contributed by atoms with Gasteiger partial charge in [0.25, 0.3) is 11.4 Å². The highest BCUT2D eigenvalue weighted by molar-refractivity contribution is 6.31. The van der Waals surface area contributed by atoms with Gasteiger partial charge in [-0.25, -0.2) is 0 Å². The molecule has 0 heterocycles. The number of ketones is 2. The molecule has 2 aromatic rings. The summed E-state index contributed by atoms with van der Waals surface area (Å²) in [6.45, 7) is 0. The Kier molecular flexibility index (Phi) is 3.04. The van der Waals surface area contributed by atoms with Crippen LogP contribution in [0.25, 0.3) is 0 Å². The van der Waals surface area contributed by atoms with Crippen molar-refractivity contribution in [1.82, 2.24) is 0 Å². The number of carbonyl (C=O) groups is 2. The zero-order valence-electron chi connectivity index (χ0n) is 11.5. The van der Waals surface area contributed by atoms with Gasteiger partial charge in [0.05, 0.1) is 21.5 Å². The van der Waals surface area contributed by atoms with E-state index in [1.807, 2.05) is 0 Å². The number of nitro groups is 2. The van der Waals surface area contributed by atoms with E-state index in [1.165, 1.54) is 0 Å². The number of benzene rings is 2. The molecule has 0 saturated heterocycles. The van der Waals surface area contributed by atoms with Gasteiger partial charge in [-0.2, -0.15) is 0 Å². The molecule has 0 spiro atoms. The van der Waals surface area contributed by atoms with E-state index in [1.54, 1.807) is 0 Å². The van der Waals surface area contributed by atoms with Crippen molar-refractivity contribution in [3.63, 3.8) is 0 Å². The van der Waals surface area contributed by atoms with Crippen molar-refractivity contribution < 1.29 is 29.6 Å². The number of hydrogen-bond acceptors (Lipinski definition) is 8. The molecule has 2 aromatic carbocycles. The average molecular weight is 330 g/mol. The lowest BCUT2D eigenvalue weighted by atomic mass is 9.82. The Labute approximate surface area is 131 Å². The van der Waals surface area contributed by atoms with Crippen molar-refractivity contribution in [2.75, 3.05) is 0 Å². The monoisotopic (exact) mass is 330 g/mol. The van der Waals surface area contributed by atoms with E-state index in [0.29, 0.717) is 6.07 Å². The number of hydrogen-bond donors (Lipinski definition) is 2. The zero-order valence-corrected chi connectivity index (χ0v) is 11.5. The van der Waals surface area contributed by atoms with E-state index in [-0.39, 0.29) is 5.56 Å². The second-order valence-corrected chi connectivity index (χ2v) is 4.95. The first kappa shape index (κ1) is 15.1. The van der Waals surface area contributed by atoms with Crippen LogP contribution in [-0.2, 0) is 0 Å². The molecule has 3 rings (SSSR count). The SMILES string of the molecule is O=C1c2cc(O)cc(O)c2C(=O)c2c1cc([N+](=O)[O-])cc2[N+](=O)[O-]. The van der Waals surface area contributed by atoms with Gasteiger partial charge in [0, 0.05) is 23.3 Å². The number of nitro benzene ring substituents is 2. The highest BCUT2D eigenvalue weighted by Gasteiger charge is 2.39. The number of phenolic OH excluding ortho intramolecular Hbond substituents is 2. The molecule has 10 heteroatoms. The maximum absolute atomic E-state index is 12.5. The van der Waals surface area contributed by atoms with Crippen LogP contribution < -0.4 is 0 Å². The Hall–Kier alpha value is -3.82. The molecule has 0 amide bonds. The van der Waals surface area contributed by atoms with Crippen LogP contribution in [0.5, 0.6) is 11.5 Å².